The minimum absolute atomic E-state index is 0.417. The van der Waals surface area contributed by atoms with Gasteiger partial charge in [-0.15, -0.1) is 0 Å². The van der Waals surface area contributed by atoms with Crippen molar-refractivity contribution in [1.82, 2.24) is 9.97 Å². The molecule has 0 aliphatic rings. The zero-order valence-electron chi connectivity index (χ0n) is 11.1. The van der Waals surface area contributed by atoms with Crippen LogP contribution in [0, 0.1) is 11.3 Å². The Labute approximate surface area is 125 Å². The number of hydrogen-bond donors (Lipinski definition) is 0. The predicted molar refractivity (Wildman–Crippen MR) is 76.9 cm³/mol. The van der Waals surface area contributed by atoms with E-state index in [1.54, 1.807) is 24.3 Å². The number of methoxy groups -OCH3 is 1. The summed E-state index contributed by atoms with van der Waals surface area (Å²) < 4.78 is 11.5. The summed E-state index contributed by atoms with van der Waals surface area (Å²) in [5.74, 6) is 2.15. The number of ether oxygens (including phenoxy) is 2. The largest absolute Gasteiger partial charge is 0.497 e. The summed E-state index contributed by atoms with van der Waals surface area (Å²) in [5, 5.41) is 8.98. The van der Waals surface area contributed by atoms with Crippen LogP contribution in [-0.2, 0) is 6.42 Å². The van der Waals surface area contributed by atoms with Gasteiger partial charge in [-0.2, -0.15) is 10.2 Å². The molecule has 0 radical (unpaired) electrons. The Morgan fingerprint density at radius 1 is 1.20 bits per heavy atom. The maximum Gasteiger partial charge on any atom is 0.223 e. The highest BCUT2D eigenvalue weighted by Crippen LogP contribution is 2.27. The van der Waals surface area contributed by atoms with Gasteiger partial charge in [-0.3, -0.25) is 0 Å². The molecule has 0 atom stereocenters. The summed E-state index contributed by atoms with van der Waals surface area (Å²) in [5.41, 5.74) is 0.461. The van der Waals surface area contributed by atoms with Crippen LogP contribution < -0.4 is 9.47 Å². The molecule has 0 saturated heterocycles. The molecule has 1 heterocycles. The van der Waals surface area contributed by atoms with Crippen molar-refractivity contribution in [2.75, 3.05) is 7.11 Å². The molecule has 0 spiro atoms. The molecule has 0 fully saturated rings. The van der Waals surface area contributed by atoms with Crippen molar-refractivity contribution >= 4 is 15.9 Å². The molecule has 0 saturated carbocycles. The third kappa shape index (κ3) is 3.45. The van der Waals surface area contributed by atoms with Gasteiger partial charge in [0.2, 0.25) is 5.88 Å². The highest BCUT2D eigenvalue weighted by molar-refractivity contribution is 9.10. The van der Waals surface area contributed by atoms with E-state index in [1.165, 1.54) is 7.11 Å². The van der Waals surface area contributed by atoms with Crippen molar-refractivity contribution in [3.8, 4) is 23.4 Å². The van der Waals surface area contributed by atoms with Crippen molar-refractivity contribution in [3.63, 3.8) is 0 Å². The van der Waals surface area contributed by atoms with Gasteiger partial charge in [0.05, 0.1) is 18.7 Å². The highest BCUT2D eigenvalue weighted by atomic mass is 79.9. The lowest BCUT2D eigenvalue weighted by Gasteiger charge is -2.08. The molecule has 0 bridgehead atoms. The Kier molecular flexibility index (Phi) is 4.53. The molecule has 0 unspecified atom stereocenters. The first-order chi connectivity index (χ1) is 9.64. The molecule has 0 N–H and O–H groups in total. The maximum absolute atomic E-state index is 8.98. The van der Waals surface area contributed by atoms with E-state index >= 15 is 0 Å². The van der Waals surface area contributed by atoms with Crippen molar-refractivity contribution in [2.24, 2.45) is 0 Å². The quantitative estimate of drug-likeness (QED) is 0.801. The first-order valence-electron chi connectivity index (χ1n) is 5.95. The van der Waals surface area contributed by atoms with E-state index in [2.05, 4.69) is 32.0 Å². The fraction of sp³-hybridized carbons (Fsp3) is 0.214. The standard InChI is InChI=1S/C14H12BrN3O2/c1-3-13-17-12(15)7-14(18-13)20-11-5-9(8-16)4-10(6-11)19-2/h4-7H,3H2,1-2H3. The molecular weight excluding hydrogens is 322 g/mol. The average molecular weight is 334 g/mol. The van der Waals surface area contributed by atoms with Crippen LogP contribution in [0.4, 0.5) is 0 Å². The highest BCUT2D eigenvalue weighted by Gasteiger charge is 2.07. The van der Waals surface area contributed by atoms with Crippen LogP contribution in [0.15, 0.2) is 28.9 Å². The van der Waals surface area contributed by atoms with E-state index in [0.717, 1.165) is 0 Å². The van der Waals surface area contributed by atoms with Crippen LogP contribution in [0.3, 0.4) is 0 Å². The van der Waals surface area contributed by atoms with Gasteiger partial charge in [-0.1, -0.05) is 6.92 Å². The third-order valence-electron chi connectivity index (χ3n) is 2.50. The van der Waals surface area contributed by atoms with Crippen molar-refractivity contribution in [2.45, 2.75) is 13.3 Å². The second-order valence-electron chi connectivity index (χ2n) is 3.91. The topological polar surface area (TPSA) is 68.0 Å². The molecule has 1 aromatic carbocycles. The summed E-state index contributed by atoms with van der Waals surface area (Å²) in [6, 6.07) is 8.70. The predicted octanol–water partition coefficient (Wildman–Crippen LogP) is 3.47. The Hall–Kier alpha value is -2.13. The maximum atomic E-state index is 8.98. The fourth-order valence-electron chi connectivity index (χ4n) is 1.59. The molecule has 0 amide bonds. The van der Waals surface area contributed by atoms with Crippen molar-refractivity contribution < 1.29 is 9.47 Å². The molecule has 20 heavy (non-hydrogen) atoms. The van der Waals surface area contributed by atoms with Gasteiger partial charge in [-0.05, 0) is 28.1 Å². The lowest BCUT2D eigenvalue weighted by molar-refractivity contribution is 0.406. The van der Waals surface area contributed by atoms with E-state index in [0.29, 0.717) is 39.8 Å². The van der Waals surface area contributed by atoms with Crippen LogP contribution in [0.1, 0.15) is 18.3 Å². The molecule has 2 aromatic rings. The van der Waals surface area contributed by atoms with Gasteiger partial charge in [-0.25, -0.2) is 4.98 Å². The van der Waals surface area contributed by atoms with Crippen molar-refractivity contribution in [3.05, 3.63) is 40.3 Å². The lowest BCUT2D eigenvalue weighted by atomic mass is 10.2. The summed E-state index contributed by atoms with van der Waals surface area (Å²) in [6.07, 6.45) is 0.706. The number of nitriles is 1. The monoisotopic (exact) mass is 333 g/mol. The van der Waals surface area contributed by atoms with E-state index in [1.807, 2.05) is 6.92 Å². The number of nitrogens with zero attached hydrogens (tertiary/aromatic N) is 3. The number of hydrogen-bond acceptors (Lipinski definition) is 5. The van der Waals surface area contributed by atoms with Crippen LogP contribution in [-0.4, -0.2) is 17.1 Å². The molecule has 0 aliphatic heterocycles. The number of benzene rings is 1. The van der Waals surface area contributed by atoms with Gasteiger partial charge < -0.3 is 9.47 Å². The van der Waals surface area contributed by atoms with Gasteiger partial charge in [0.15, 0.2) is 0 Å². The number of halogens is 1. The van der Waals surface area contributed by atoms with Crippen LogP contribution >= 0.6 is 15.9 Å². The third-order valence-corrected chi connectivity index (χ3v) is 2.91. The summed E-state index contributed by atoms with van der Waals surface area (Å²) >= 11 is 3.32. The Balaban J connectivity index is 2.34. The average Bonchev–Trinajstić information content (AvgIpc) is 2.46. The minimum Gasteiger partial charge on any atom is -0.497 e. The van der Waals surface area contributed by atoms with E-state index in [9.17, 15) is 0 Å². The molecule has 102 valence electrons. The van der Waals surface area contributed by atoms with Crippen LogP contribution in [0.5, 0.6) is 17.4 Å². The lowest BCUT2D eigenvalue weighted by Crippen LogP contribution is -1.97. The molecular formula is C14H12BrN3O2. The smallest absolute Gasteiger partial charge is 0.223 e. The number of rotatable bonds is 4. The van der Waals surface area contributed by atoms with Gasteiger partial charge >= 0.3 is 0 Å². The van der Waals surface area contributed by atoms with Crippen molar-refractivity contribution in [1.29, 1.82) is 5.26 Å². The van der Waals surface area contributed by atoms with E-state index in [-0.39, 0.29) is 0 Å². The first kappa shape index (κ1) is 14.3. The van der Waals surface area contributed by atoms with Crippen LogP contribution in [0.2, 0.25) is 0 Å². The molecule has 5 nitrogen and oxygen atoms in total. The Bertz CT molecular complexity index is 668. The van der Waals surface area contributed by atoms with Crippen LogP contribution in [0.25, 0.3) is 0 Å². The molecule has 1 aromatic heterocycles. The normalized spacial score (nSPS) is 9.90. The Morgan fingerprint density at radius 2 is 1.95 bits per heavy atom. The van der Waals surface area contributed by atoms with Gasteiger partial charge in [0.25, 0.3) is 0 Å². The Morgan fingerprint density at radius 3 is 2.60 bits per heavy atom. The zero-order chi connectivity index (χ0) is 14.5. The minimum atomic E-state index is 0.417. The fourth-order valence-corrected chi connectivity index (χ4v) is 1.99. The number of aryl methyl sites for hydroxylation is 1. The van der Waals surface area contributed by atoms with E-state index in [4.69, 9.17) is 14.7 Å². The van der Waals surface area contributed by atoms with E-state index < -0.39 is 0 Å². The van der Waals surface area contributed by atoms with Gasteiger partial charge in [0.1, 0.15) is 21.9 Å². The summed E-state index contributed by atoms with van der Waals surface area (Å²) in [4.78, 5) is 8.48. The SMILES string of the molecule is CCc1nc(Br)cc(Oc2cc(C#N)cc(OC)c2)n1. The summed E-state index contributed by atoms with van der Waals surface area (Å²) in [7, 11) is 1.54. The zero-order valence-corrected chi connectivity index (χ0v) is 12.6. The first-order valence-corrected chi connectivity index (χ1v) is 6.74. The molecule has 0 aliphatic carbocycles. The summed E-state index contributed by atoms with van der Waals surface area (Å²) in [6.45, 7) is 1.96. The second-order valence-corrected chi connectivity index (χ2v) is 4.72. The second kappa shape index (κ2) is 6.35. The molecule has 6 heteroatoms. The number of aromatic nitrogens is 2. The molecule has 2 rings (SSSR count). The van der Waals surface area contributed by atoms with Gasteiger partial charge in [0, 0.05) is 18.6 Å².